The number of benzene rings is 1. The van der Waals surface area contributed by atoms with E-state index in [0.29, 0.717) is 10.4 Å². The second kappa shape index (κ2) is 7.32. The Bertz CT molecular complexity index is 698. The molecule has 0 aliphatic heterocycles. The van der Waals surface area contributed by atoms with Crippen molar-refractivity contribution < 1.29 is 19.1 Å². The van der Waals surface area contributed by atoms with E-state index in [9.17, 15) is 14.0 Å². The van der Waals surface area contributed by atoms with Gasteiger partial charge in [-0.3, -0.25) is 9.59 Å². The zero-order valence-corrected chi connectivity index (χ0v) is 13.6. The number of aromatic nitrogens is 1. The molecular formula is C16H17FN2O3S. The summed E-state index contributed by atoms with van der Waals surface area (Å²) in [4.78, 5) is 27.9. The normalized spacial score (nSPS) is 12.2. The zero-order valence-electron chi connectivity index (χ0n) is 12.7. The lowest BCUT2D eigenvalue weighted by Crippen LogP contribution is -2.29. The third-order valence-corrected chi connectivity index (χ3v) is 4.49. The van der Waals surface area contributed by atoms with Crippen molar-refractivity contribution in [1.82, 2.24) is 10.3 Å². The maximum atomic E-state index is 13.0. The maximum absolute atomic E-state index is 13.0. The SMILES string of the molecule is CC(C)c1ncc(C(=O)NC(CC(=O)O)c2ccc(F)cc2)s1. The summed E-state index contributed by atoms with van der Waals surface area (Å²) < 4.78 is 13.0. The van der Waals surface area contributed by atoms with Gasteiger partial charge in [0.2, 0.25) is 0 Å². The van der Waals surface area contributed by atoms with Gasteiger partial charge in [0.05, 0.1) is 23.7 Å². The highest BCUT2D eigenvalue weighted by molar-refractivity contribution is 7.13. The predicted molar refractivity (Wildman–Crippen MR) is 85.1 cm³/mol. The number of hydrogen-bond acceptors (Lipinski definition) is 4. The van der Waals surface area contributed by atoms with Gasteiger partial charge in [0.15, 0.2) is 0 Å². The molecule has 0 fully saturated rings. The van der Waals surface area contributed by atoms with Gasteiger partial charge in [0, 0.05) is 5.92 Å². The first kappa shape index (κ1) is 17.1. The lowest BCUT2D eigenvalue weighted by atomic mass is 10.0. The third-order valence-electron chi connectivity index (χ3n) is 3.20. The van der Waals surface area contributed by atoms with Gasteiger partial charge in [0.1, 0.15) is 10.7 Å². The fourth-order valence-corrected chi connectivity index (χ4v) is 2.83. The molecule has 0 radical (unpaired) electrons. The summed E-state index contributed by atoms with van der Waals surface area (Å²) in [5.74, 6) is -1.64. The average Bonchev–Trinajstić information content (AvgIpc) is 2.97. The highest BCUT2D eigenvalue weighted by atomic mass is 32.1. The summed E-state index contributed by atoms with van der Waals surface area (Å²) in [6.07, 6.45) is 1.20. The number of carbonyl (C=O) groups excluding carboxylic acids is 1. The fourth-order valence-electron chi connectivity index (χ4n) is 2.01. The molecule has 1 unspecified atom stereocenters. The molecule has 122 valence electrons. The van der Waals surface area contributed by atoms with Crippen LogP contribution in [0.15, 0.2) is 30.5 Å². The number of amides is 1. The summed E-state index contributed by atoms with van der Waals surface area (Å²) >= 11 is 1.28. The van der Waals surface area contributed by atoms with Crippen molar-refractivity contribution in [2.45, 2.75) is 32.2 Å². The van der Waals surface area contributed by atoms with Crippen molar-refractivity contribution in [3.8, 4) is 0 Å². The molecule has 1 atom stereocenters. The molecule has 1 aromatic carbocycles. The van der Waals surface area contributed by atoms with E-state index in [-0.39, 0.29) is 18.2 Å². The molecule has 2 rings (SSSR count). The Kier molecular flexibility index (Phi) is 5.44. The van der Waals surface area contributed by atoms with Gasteiger partial charge >= 0.3 is 5.97 Å². The summed E-state index contributed by atoms with van der Waals surface area (Å²) in [6, 6.07) is 4.68. The molecular weight excluding hydrogens is 319 g/mol. The molecule has 1 heterocycles. The quantitative estimate of drug-likeness (QED) is 0.848. The van der Waals surface area contributed by atoms with Crippen LogP contribution in [0.25, 0.3) is 0 Å². The number of halogens is 1. The molecule has 1 amide bonds. The van der Waals surface area contributed by atoms with Crippen molar-refractivity contribution in [1.29, 1.82) is 0 Å². The van der Waals surface area contributed by atoms with Crippen molar-refractivity contribution in [3.63, 3.8) is 0 Å². The van der Waals surface area contributed by atoms with Gasteiger partial charge in [0.25, 0.3) is 5.91 Å². The number of thiazole rings is 1. The lowest BCUT2D eigenvalue weighted by Gasteiger charge is -2.16. The second-order valence-electron chi connectivity index (χ2n) is 5.39. The fraction of sp³-hybridized carbons (Fsp3) is 0.312. The van der Waals surface area contributed by atoms with E-state index < -0.39 is 17.8 Å². The standard InChI is InChI=1S/C16H17FN2O3S/c1-9(2)16-18-8-13(23-16)15(22)19-12(7-14(20)21)10-3-5-11(17)6-4-10/h3-6,8-9,12H,7H2,1-2H3,(H,19,22)(H,20,21). The van der Waals surface area contributed by atoms with E-state index in [1.165, 1.54) is 41.8 Å². The minimum Gasteiger partial charge on any atom is -0.481 e. The van der Waals surface area contributed by atoms with Crippen LogP contribution in [-0.2, 0) is 4.79 Å². The number of nitrogens with zero attached hydrogens (tertiary/aromatic N) is 1. The Labute approximate surface area is 137 Å². The molecule has 0 aliphatic rings. The molecule has 23 heavy (non-hydrogen) atoms. The van der Waals surface area contributed by atoms with Gasteiger partial charge in [-0.05, 0) is 17.7 Å². The van der Waals surface area contributed by atoms with Crippen LogP contribution in [0.5, 0.6) is 0 Å². The molecule has 0 bridgehead atoms. The zero-order chi connectivity index (χ0) is 17.0. The van der Waals surface area contributed by atoms with Crippen LogP contribution in [0.4, 0.5) is 4.39 Å². The van der Waals surface area contributed by atoms with E-state index >= 15 is 0 Å². The average molecular weight is 336 g/mol. The van der Waals surface area contributed by atoms with Gasteiger partial charge in [-0.1, -0.05) is 26.0 Å². The largest absolute Gasteiger partial charge is 0.481 e. The van der Waals surface area contributed by atoms with Crippen LogP contribution in [0.3, 0.4) is 0 Å². The van der Waals surface area contributed by atoms with Gasteiger partial charge in [-0.2, -0.15) is 0 Å². The lowest BCUT2D eigenvalue weighted by molar-refractivity contribution is -0.137. The van der Waals surface area contributed by atoms with Crippen LogP contribution in [-0.4, -0.2) is 22.0 Å². The smallest absolute Gasteiger partial charge is 0.305 e. The summed E-state index contributed by atoms with van der Waals surface area (Å²) in [6.45, 7) is 3.96. The first-order valence-electron chi connectivity index (χ1n) is 7.10. The number of aliphatic carboxylic acids is 1. The summed E-state index contributed by atoms with van der Waals surface area (Å²) in [5, 5.41) is 12.5. The Hall–Kier alpha value is -2.28. The second-order valence-corrected chi connectivity index (χ2v) is 6.46. The summed E-state index contributed by atoms with van der Waals surface area (Å²) in [5.41, 5.74) is 0.538. The van der Waals surface area contributed by atoms with Gasteiger partial charge in [-0.25, -0.2) is 9.37 Å². The minimum atomic E-state index is -1.05. The number of carboxylic acid groups (broad SMARTS) is 1. The van der Waals surface area contributed by atoms with Crippen molar-refractivity contribution >= 4 is 23.2 Å². The Morgan fingerprint density at radius 3 is 2.48 bits per heavy atom. The molecule has 7 heteroatoms. The Morgan fingerprint density at radius 2 is 1.96 bits per heavy atom. The number of carboxylic acids is 1. The minimum absolute atomic E-state index is 0.216. The first-order valence-corrected chi connectivity index (χ1v) is 7.92. The number of carbonyl (C=O) groups is 2. The van der Waals surface area contributed by atoms with Crippen LogP contribution in [0.1, 0.15) is 52.5 Å². The van der Waals surface area contributed by atoms with Crippen molar-refractivity contribution in [3.05, 3.63) is 51.7 Å². The van der Waals surface area contributed by atoms with Crippen molar-refractivity contribution in [2.75, 3.05) is 0 Å². The highest BCUT2D eigenvalue weighted by Gasteiger charge is 2.20. The van der Waals surface area contributed by atoms with E-state index in [1.807, 2.05) is 13.8 Å². The molecule has 1 aromatic heterocycles. The Morgan fingerprint density at radius 1 is 1.30 bits per heavy atom. The Balaban J connectivity index is 2.17. The predicted octanol–water partition coefficient (Wildman–Crippen LogP) is 3.35. The third kappa shape index (κ3) is 4.59. The molecule has 5 nitrogen and oxygen atoms in total. The van der Waals surface area contributed by atoms with Crippen molar-refractivity contribution in [2.24, 2.45) is 0 Å². The van der Waals surface area contributed by atoms with Crippen LogP contribution in [0.2, 0.25) is 0 Å². The molecule has 0 saturated heterocycles. The monoisotopic (exact) mass is 336 g/mol. The van der Waals surface area contributed by atoms with Gasteiger partial charge in [-0.15, -0.1) is 11.3 Å². The molecule has 2 N–H and O–H groups in total. The molecule has 2 aromatic rings. The molecule has 0 aliphatic carbocycles. The number of hydrogen-bond donors (Lipinski definition) is 2. The number of rotatable bonds is 6. The van der Waals surface area contributed by atoms with Gasteiger partial charge < -0.3 is 10.4 Å². The van der Waals surface area contributed by atoms with E-state index in [0.717, 1.165) is 5.01 Å². The topological polar surface area (TPSA) is 79.3 Å². The molecule has 0 spiro atoms. The first-order chi connectivity index (χ1) is 10.9. The van der Waals surface area contributed by atoms with E-state index in [4.69, 9.17) is 5.11 Å². The number of nitrogens with one attached hydrogen (secondary N) is 1. The maximum Gasteiger partial charge on any atom is 0.305 e. The molecule has 0 saturated carbocycles. The van der Waals surface area contributed by atoms with E-state index in [2.05, 4.69) is 10.3 Å². The summed E-state index contributed by atoms with van der Waals surface area (Å²) in [7, 11) is 0. The highest BCUT2D eigenvalue weighted by Crippen LogP contribution is 2.23. The van der Waals surface area contributed by atoms with Crippen LogP contribution < -0.4 is 5.32 Å². The van der Waals surface area contributed by atoms with Crippen LogP contribution in [0, 0.1) is 5.82 Å². The van der Waals surface area contributed by atoms with E-state index in [1.54, 1.807) is 0 Å². The van der Waals surface area contributed by atoms with Crippen LogP contribution >= 0.6 is 11.3 Å².